The molecule has 108 valence electrons. The van der Waals surface area contributed by atoms with Gasteiger partial charge in [0.2, 0.25) is 0 Å². The summed E-state index contributed by atoms with van der Waals surface area (Å²) in [5, 5.41) is 9.33. The molecular weight excluding hydrogens is 269 g/mol. The molecule has 0 saturated carbocycles. The van der Waals surface area contributed by atoms with Crippen molar-refractivity contribution in [1.82, 2.24) is 0 Å². The topological polar surface area (TPSA) is 40.5 Å². The molecule has 3 nitrogen and oxygen atoms in total. The van der Waals surface area contributed by atoms with E-state index in [1.165, 1.54) is 11.6 Å². The molecule has 4 heteroatoms. The third-order valence-electron chi connectivity index (χ3n) is 3.86. The Labute approximate surface area is 122 Å². The molecule has 1 N–H and O–H groups in total. The van der Waals surface area contributed by atoms with E-state index in [4.69, 9.17) is 0 Å². The Morgan fingerprint density at radius 3 is 2.62 bits per heavy atom. The first-order chi connectivity index (χ1) is 10.2. The van der Waals surface area contributed by atoms with Crippen LogP contribution in [0.5, 0.6) is 0 Å². The van der Waals surface area contributed by atoms with E-state index in [0.29, 0.717) is 12.2 Å². The second kappa shape index (κ2) is 5.56. The molecule has 1 heterocycles. The molecule has 0 saturated heterocycles. The Balaban J connectivity index is 2.17. The van der Waals surface area contributed by atoms with E-state index in [1.807, 2.05) is 29.2 Å². The van der Waals surface area contributed by atoms with Crippen molar-refractivity contribution in [3.05, 3.63) is 59.4 Å². The fraction of sp³-hybridized carbons (Fsp3) is 0.235. The maximum absolute atomic E-state index is 13.9. The standard InChI is InChI=1S/C17H16FNO2/c18-13-8-5-10-15(16(13)17(20)21)19-11-4-3-7-12-6-1-2-9-14(12)19/h1-2,5-6,8-10H,3-4,7,11H2,(H,20,21). The van der Waals surface area contributed by atoms with Gasteiger partial charge in [0.1, 0.15) is 11.4 Å². The van der Waals surface area contributed by atoms with Crippen molar-refractivity contribution < 1.29 is 14.3 Å². The van der Waals surface area contributed by atoms with E-state index in [0.717, 1.165) is 24.9 Å². The van der Waals surface area contributed by atoms with E-state index >= 15 is 0 Å². The van der Waals surface area contributed by atoms with Crippen LogP contribution in [0.1, 0.15) is 28.8 Å². The molecule has 21 heavy (non-hydrogen) atoms. The lowest BCUT2D eigenvalue weighted by Gasteiger charge is -2.26. The van der Waals surface area contributed by atoms with Crippen LogP contribution in [-0.4, -0.2) is 17.6 Å². The van der Waals surface area contributed by atoms with Crippen molar-refractivity contribution >= 4 is 17.3 Å². The Morgan fingerprint density at radius 1 is 1.05 bits per heavy atom. The Morgan fingerprint density at radius 2 is 1.81 bits per heavy atom. The average molecular weight is 285 g/mol. The summed E-state index contributed by atoms with van der Waals surface area (Å²) >= 11 is 0. The van der Waals surface area contributed by atoms with Crippen LogP contribution in [0.15, 0.2) is 42.5 Å². The van der Waals surface area contributed by atoms with E-state index in [9.17, 15) is 14.3 Å². The summed E-state index contributed by atoms with van der Waals surface area (Å²) in [6.07, 6.45) is 2.96. The summed E-state index contributed by atoms with van der Waals surface area (Å²) in [5.41, 5.74) is 2.32. The van der Waals surface area contributed by atoms with E-state index < -0.39 is 11.8 Å². The van der Waals surface area contributed by atoms with Crippen molar-refractivity contribution in [2.75, 3.05) is 11.4 Å². The predicted octanol–water partition coefficient (Wildman–Crippen LogP) is 4.00. The normalized spacial score (nSPS) is 14.4. The molecule has 1 aliphatic heterocycles. The van der Waals surface area contributed by atoms with Gasteiger partial charge < -0.3 is 10.0 Å². The number of nitrogens with zero attached hydrogens (tertiary/aromatic N) is 1. The van der Waals surface area contributed by atoms with Crippen molar-refractivity contribution in [3.63, 3.8) is 0 Å². The maximum atomic E-state index is 13.9. The highest BCUT2D eigenvalue weighted by Gasteiger charge is 2.23. The van der Waals surface area contributed by atoms with Gasteiger partial charge in [-0.3, -0.25) is 0 Å². The Hall–Kier alpha value is -2.36. The minimum absolute atomic E-state index is 0.255. The fourth-order valence-electron chi connectivity index (χ4n) is 2.89. The average Bonchev–Trinajstić information content (AvgIpc) is 2.68. The van der Waals surface area contributed by atoms with Crippen LogP contribution >= 0.6 is 0 Å². The number of anilines is 2. The highest BCUT2D eigenvalue weighted by Crippen LogP contribution is 2.35. The third kappa shape index (κ3) is 2.49. The Kier molecular flexibility index (Phi) is 3.60. The van der Waals surface area contributed by atoms with Gasteiger partial charge in [0.25, 0.3) is 0 Å². The van der Waals surface area contributed by atoms with E-state index in [-0.39, 0.29) is 5.56 Å². The number of hydrogen-bond donors (Lipinski definition) is 1. The Bertz CT molecular complexity index is 684. The number of carboxylic acid groups (broad SMARTS) is 1. The lowest BCUT2D eigenvalue weighted by Crippen LogP contribution is -2.21. The lowest BCUT2D eigenvalue weighted by molar-refractivity contribution is 0.0692. The maximum Gasteiger partial charge on any atom is 0.340 e. The molecule has 0 radical (unpaired) electrons. The van der Waals surface area contributed by atoms with E-state index in [2.05, 4.69) is 0 Å². The van der Waals surface area contributed by atoms with Gasteiger partial charge in [-0.15, -0.1) is 0 Å². The summed E-state index contributed by atoms with van der Waals surface area (Å²) in [6, 6.07) is 12.4. The van der Waals surface area contributed by atoms with Crippen LogP contribution < -0.4 is 4.90 Å². The molecule has 0 unspecified atom stereocenters. The van der Waals surface area contributed by atoms with Crippen molar-refractivity contribution in [1.29, 1.82) is 0 Å². The van der Waals surface area contributed by atoms with Gasteiger partial charge in [-0.05, 0) is 43.0 Å². The molecule has 0 bridgehead atoms. The third-order valence-corrected chi connectivity index (χ3v) is 3.86. The van der Waals surface area contributed by atoms with Crippen LogP contribution in [0.4, 0.5) is 15.8 Å². The van der Waals surface area contributed by atoms with Crippen molar-refractivity contribution in [2.24, 2.45) is 0 Å². The second-order valence-corrected chi connectivity index (χ2v) is 5.18. The van der Waals surface area contributed by atoms with Crippen LogP contribution in [0.2, 0.25) is 0 Å². The summed E-state index contributed by atoms with van der Waals surface area (Å²) < 4.78 is 13.9. The molecule has 0 spiro atoms. The molecule has 0 fully saturated rings. The largest absolute Gasteiger partial charge is 0.478 e. The van der Waals surface area contributed by atoms with E-state index in [1.54, 1.807) is 12.1 Å². The molecule has 0 aromatic heterocycles. The molecule has 0 amide bonds. The van der Waals surface area contributed by atoms with Gasteiger partial charge in [-0.2, -0.15) is 0 Å². The SMILES string of the molecule is O=C(O)c1c(F)cccc1N1CCCCc2ccccc21. The van der Waals surface area contributed by atoms with Gasteiger partial charge in [-0.1, -0.05) is 24.3 Å². The first-order valence-electron chi connectivity index (χ1n) is 7.06. The predicted molar refractivity (Wildman–Crippen MR) is 79.7 cm³/mol. The number of fused-ring (bicyclic) bond motifs is 1. The minimum Gasteiger partial charge on any atom is -0.478 e. The number of aromatic carboxylic acids is 1. The van der Waals surface area contributed by atoms with Crippen LogP contribution in [0, 0.1) is 5.82 Å². The first-order valence-corrected chi connectivity index (χ1v) is 7.06. The zero-order chi connectivity index (χ0) is 14.8. The number of halogens is 1. The zero-order valence-corrected chi connectivity index (χ0v) is 11.6. The van der Waals surface area contributed by atoms with Gasteiger partial charge >= 0.3 is 5.97 Å². The van der Waals surface area contributed by atoms with Gasteiger partial charge in [-0.25, -0.2) is 9.18 Å². The number of rotatable bonds is 2. The molecular formula is C17H16FNO2. The summed E-state index contributed by atoms with van der Waals surface area (Å²) in [6.45, 7) is 0.695. The first kappa shape index (κ1) is 13.6. The highest BCUT2D eigenvalue weighted by atomic mass is 19.1. The number of carboxylic acids is 1. The molecule has 1 aliphatic rings. The monoisotopic (exact) mass is 285 g/mol. The molecule has 2 aromatic carbocycles. The number of benzene rings is 2. The van der Waals surface area contributed by atoms with Crippen molar-refractivity contribution in [2.45, 2.75) is 19.3 Å². The lowest BCUT2D eigenvalue weighted by atomic mass is 10.1. The summed E-state index contributed by atoms with van der Waals surface area (Å²) in [7, 11) is 0. The second-order valence-electron chi connectivity index (χ2n) is 5.18. The number of para-hydroxylation sites is 1. The van der Waals surface area contributed by atoms with Crippen molar-refractivity contribution in [3.8, 4) is 0 Å². The molecule has 0 aliphatic carbocycles. The fourth-order valence-corrected chi connectivity index (χ4v) is 2.89. The number of carbonyl (C=O) groups is 1. The summed E-state index contributed by atoms with van der Waals surface area (Å²) in [4.78, 5) is 13.3. The summed E-state index contributed by atoms with van der Waals surface area (Å²) in [5.74, 6) is -1.92. The van der Waals surface area contributed by atoms with Crippen LogP contribution in [-0.2, 0) is 6.42 Å². The zero-order valence-electron chi connectivity index (χ0n) is 11.6. The minimum atomic E-state index is -1.23. The molecule has 2 aromatic rings. The van der Waals surface area contributed by atoms with Crippen LogP contribution in [0.25, 0.3) is 0 Å². The van der Waals surface area contributed by atoms with Crippen LogP contribution in [0.3, 0.4) is 0 Å². The highest BCUT2D eigenvalue weighted by molar-refractivity contribution is 5.96. The van der Waals surface area contributed by atoms with Gasteiger partial charge in [0.15, 0.2) is 0 Å². The van der Waals surface area contributed by atoms with Gasteiger partial charge in [0.05, 0.1) is 5.69 Å². The quantitative estimate of drug-likeness (QED) is 0.906. The number of aryl methyl sites for hydroxylation is 1. The number of hydrogen-bond acceptors (Lipinski definition) is 2. The smallest absolute Gasteiger partial charge is 0.340 e. The van der Waals surface area contributed by atoms with Gasteiger partial charge in [0, 0.05) is 12.2 Å². The molecule has 0 atom stereocenters. The molecule has 3 rings (SSSR count).